The maximum atomic E-state index is 12.8. The molecule has 0 radical (unpaired) electrons. The van der Waals surface area contributed by atoms with E-state index in [9.17, 15) is 9.59 Å². The molecule has 4 aromatic carbocycles. The summed E-state index contributed by atoms with van der Waals surface area (Å²) < 4.78 is 0. The molecule has 0 fully saturated rings. The Morgan fingerprint density at radius 1 is 0.724 bits per heavy atom. The highest BCUT2D eigenvalue weighted by Gasteiger charge is 2.12. The number of hydrogen-bond donors (Lipinski definition) is 0. The molecule has 0 unspecified atom stereocenters. The summed E-state index contributed by atoms with van der Waals surface area (Å²) in [5.41, 5.74) is 1.30. The first-order valence-electron chi connectivity index (χ1n) is 9.44. The first-order chi connectivity index (χ1) is 14.1. The smallest absolute Gasteiger partial charge is 0.186 e. The van der Waals surface area contributed by atoms with E-state index in [4.69, 9.17) is 0 Å². The third-order valence-corrected chi connectivity index (χ3v) is 5.78. The lowest BCUT2D eigenvalue weighted by Crippen LogP contribution is -2.02. The molecule has 3 heteroatoms. The van der Waals surface area contributed by atoms with Gasteiger partial charge in [-0.2, -0.15) is 0 Å². The van der Waals surface area contributed by atoms with Crippen molar-refractivity contribution in [2.24, 2.45) is 0 Å². The van der Waals surface area contributed by atoms with Crippen molar-refractivity contribution in [3.8, 4) is 0 Å². The van der Waals surface area contributed by atoms with Crippen molar-refractivity contribution in [3.05, 3.63) is 107 Å². The Labute approximate surface area is 174 Å². The Morgan fingerprint density at radius 3 is 1.83 bits per heavy atom. The van der Waals surface area contributed by atoms with Crippen LogP contribution in [0.5, 0.6) is 0 Å². The second-order valence-corrected chi connectivity index (χ2v) is 7.84. The van der Waals surface area contributed by atoms with Crippen LogP contribution in [0.4, 0.5) is 0 Å². The quantitative estimate of drug-likeness (QED) is 0.269. The van der Waals surface area contributed by atoms with Crippen molar-refractivity contribution in [1.82, 2.24) is 0 Å². The van der Waals surface area contributed by atoms with Crippen LogP contribution < -0.4 is 0 Å². The number of hydrogen-bond acceptors (Lipinski definition) is 3. The van der Waals surface area contributed by atoms with Crippen LogP contribution >= 0.6 is 11.8 Å². The monoisotopic (exact) mass is 396 g/mol. The van der Waals surface area contributed by atoms with Gasteiger partial charge in [0.25, 0.3) is 0 Å². The molecule has 0 heterocycles. The van der Waals surface area contributed by atoms with Gasteiger partial charge in [-0.05, 0) is 50.9 Å². The molecule has 0 spiro atoms. The van der Waals surface area contributed by atoms with Crippen LogP contribution in [0.15, 0.2) is 95.9 Å². The van der Waals surface area contributed by atoms with E-state index in [2.05, 4.69) is 0 Å². The minimum absolute atomic E-state index is 0.0164. The van der Waals surface area contributed by atoms with Crippen LogP contribution in [-0.2, 0) is 0 Å². The van der Waals surface area contributed by atoms with Crippen molar-refractivity contribution >= 4 is 44.9 Å². The van der Waals surface area contributed by atoms with Crippen molar-refractivity contribution in [1.29, 1.82) is 0 Å². The molecule has 0 amide bonds. The zero-order chi connectivity index (χ0) is 20.2. The van der Waals surface area contributed by atoms with Crippen LogP contribution in [0.2, 0.25) is 0 Å². The van der Waals surface area contributed by atoms with E-state index in [1.807, 2.05) is 91.2 Å². The summed E-state index contributed by atoms with van der Waals surface area (Å²) >= 11 is 1.44. The van der Waals surface area contributed by atoms with E-state index in [0.717, 1.165) is 26.5 Å². The Morgan fingerprint density at radius 2 is 1.24 bits per heavy atom. The molecular formula is C26H20O2S. The highest BCUT2D eigenvalue weighted by Crippen LogP contribution is 2.23. The molecule has 4 aromatic rings. The fraction of sp³-hybridized carbons (Fsp3) is 0.0769. The zero-order valence-corrected chi connectivity index (χ0v) is 16.9. The number of allylic oxidation sites excluding steroid dienone is 2. The average Bonchev–Trinajstić information content (AvgIpc) is 2.77. The summed E-state index contributed by atoms with van der Waals surface area (Å²) in [6, 6.07) is 27.4. The van der Waals surface area contributed by atoms with Crippen LogP contribution in [0.25, 0.3) is 21.5 Å². The lowest BCUT2D eigenvalue weighted by molar-refractivity contribution is 0.0995. The van der Waals surface area contributed by atoms with Gasteiger partial charge in [0.2, 0.25) is 0 Å². The highest BCUT2D eigenvalue weighted by molar-refractivity contribution is 8.02. The van der Waals surface area contributed by atoms with E-state index in [0.29, 0.717) is 11.1 Å². The van der Waals surface area contributed by atoms with Crippen LogP contribution in [-0.4, -0.2) is 17.8 Å². The van der Waals surface area contributed by atoms with Gasteiger partial charge in [-0.25, -0.2) is 0 Å². The van der Waals surface area contributed by atoms with Crippen molar-refractivity contribution in [3.63, 3.8) is 0 Å². The standard InChI is InChI=1S/C26H20O2S/c1-29-24(16-25(27)22-12-10-18-6-2-4-8-20(18)14-22)17-26(28)23-13-11-19-7-3-5-9-21(19)15-23/h2-16H,17H2,1H3/b24-16-. The average molecular weight is 397 g/mol. The molecule has 0 saturated heterocycles. The van der Waals surface area contributed by atoms with Crippen molar-refractivity contribution in [2.75, 3.05) is 6.26 Å². The number of carbonyl (C=O) groups is 2. The van der Waals surface area contributed by atoms with Gasteiger partial charge in [-0.1, -0.05) is 72.8 Å². The van der Waals surface area contributed by atoms with Gasteiger partial charge in [0.05, 0.1) is 0 Å². The Kier molecular flexibility index (Phi) is 5.59. The summed E-state index contributed by atoms with van der Waals surface area (Å²) in [5.74, 6) is -0.0610. The number of rotatable bonds is 6. The number of fused-ring (bicyclic) bond motifs is 2. The molecule has 0 aromatic heterocycles. The Balaban J connectivity index is 1.55. The minimum Gasteiger partial charge on any atom is -0.294 e. The van der Waals surface area contributed by atoms with E-state index >= 15 is 0 Å². The summed E-state index contributed by atoms with van der Waals surface area (Å²) in [4.78, 5) is 26.3. The summed E-state index contributed by atoms with van der Waals surface area (Å²) in [6.07, 6.45) is 3.71. The number of carbonyl (C=O) groups excluding carboxylic acids is 2. The van der Waals surface area contributed by atoms with Gasteiger partial charge < -0.3 is 0 Å². The van der Waals surface area contributed by atoms with Gasteiger partial charge in [0.15, 0.2) is 11.6 Å². The largest absolute Gasteiger partial charge is 0.294 e. The van der Waals surface area contributed by atoms with Gasteiger partial charge in [-0.3, -0.25) is 9.59 Å². The lowest BCUT2D eigenvalue weighted by atomic mass is 10.0. The van der Waals surface area contributed by atoms with Crippen molar-refractivity contribution in [2.45, 2.75) is 6.42 Å². The van der Waals surface area contributed by atoms with Gasteiger partial charge in [0, 0.05) is 17.5 Å². The van der Waals surface area contributed by atoms with E-state index in [-0.39, 0.29) is 18.0 Å². The predicted molar refractivity (Wildman–Crippen MR) is 123 cm³/mol. The summed E-state index contributed by atoms with van der Waals surface area (Å²) in [7, 11) is 0. The number of Topliss-reactive ketones (excluding diaryl/α,β-unsaturated/α-hetero) is 1. The molecule has 0 aliphatic carbocycles. The molecule has 2 nitrogen and oxygen atoms in total. The molecule has 0 bridgehead atoms. The molecule has 0 aliphatic rings. The summed E-state index contributed by atoms with van der Waals surface area (Å²) in [5, 5.41) is 4.28. The number of benzene rings is 4. The van der Waals surface area contributed by atoms with Crippen molar-refractivity contribution < 1.29 is 9.59 Å². The van der Waals surface area contributed by atoms with Gasteiger partial charge >= 0.3 is 0 Å². The second-order valence-electron chi connectivity index (χ2n) is 6.90. The van der Waals surface area contributed by atoms with Gasteiger partial charge in [-0.15, -0.1) is 11.8 Å². The highest BCUT2D eigenvalue weighted by atomic mass is 32.2. The van der Waals surface area contributed by atoms with E-state index in [1.54, 1.807) is 6.08 Å². The molecule has 0 aliphatic heterocycles. The topological polar surface area (TPSA) is 34.1 Å². The van der Waals surface area contributed by atoms with Gasteiger partial charge in [0.1, 0.15) is 0 Å². The molecular weight excluding hydrogens is 376 g/mol. The fourth-order valence-corrected chi connectivity index (χ4v) is 3.88. The Hall–Kier alpha value is -3.17. The lowest BCUT2D eigenvalue weighted by Gasteiger charge is -2.06. The SMILES string of the molecule is CS/C(=C\C(=O)c1ccc2ccccc2c1)CC(=O)c1ccc2ccccc2c1. The van der Waals surface area contributed by atoms with E-state index in [1.165, 1.54) is 11.8 Å². The number of ketones is 2. The second kappa shape index (κ2) is 8.46. The van der Waals surface area contributed by atoms with E-state index < -0.39 is 0 Å². The van der Waals surface area contributed by atoms with Crippen LogP contribution in [0, 0.1) is 0 Å². The first kappa shape index (κ1) is 19.2. The predicted octanol–water partition coefficient (Wildman–Crippen LogP) is 6.70. The third kappa shape index (κ3) is 4.30. The number of thioether (sulfide) groups is 1. The minimum atomic E-state index is -0.0774. The molecule has 0 N–H and O–H groups in total. The fourth-order valence-electron chi connectivity index (χ4n) is 3.38. The molecule has 4 rings (SSSR count). The first-order valence-corrected chi connectivity index (χ1v) is 10.7. The normalized spacial score (nSPS) is 11.7. The molecule has 142 valence electrons. The zero-order valence-electron chi connectivity index (χ0n) is 16.1. The van der Waals surface area contributed by atoms with Crippen LogP contribution in [0.1, 0.15) is 27.1 Å². The Bertz CT molecular complexity index is 1250. The summed E-state index contributed by atoms with van der Waals surface area (Å²) in [6.45, 7) is 0. The molecule has 0 atom stereocenters. The van der Waals surface area contributed by atoms with Crippen LogP contribution in [0.3, 0.4) is 0 Å². The maximum absolute atomic E-state index is 12.8. The molecule has 29 heavy (non-hydrogen) atoms. The third-order valence-electron chi connectivity index (χ3n) is 4.99. The molecule has 0 saturated carbocycles. The maximum Gasteiger partial charge on any atom is 0.186 e.